The largest absolute Gasteiger partial charge is 0.497 e. The summed E-state index contributed by atoms with van der Waals surface area (Å²) in [5, 5.41) is 3.39. The van der Waals surface area contributed by atoms with E-state index in [-0.39, 0.29) is 11.9 Å². The second-order valence-corrected chi connectivity index (χ2v) is 7.75. The number of halogens is 1. The summed E-state index contributed by atoms with van der Waals surface area (Å²) in [7, 11) is 4.75. The van der Waals surface area contributed by atoms with Crippen molar-refractivity contribution < 1.29 is 19.0 Å². The predicted molar refractivity (Wildman–Crippen MR) is 119 cm³/mol. The highest BCUT2D eigenvalue weighted by molar-refractivity contribution is 6.32. The third-order valence-electron chi connectivity index (χ3n) is 5.46. The molecule has 1 N–H and O–H groups in total. The van der Waals surface area contributed by atoms with Crippen LogP contribution in [-0.4, -0.2) is 45.2 Å². The van der Waals surface area contributed by atoms with Crippen LogP contribution in [0.1, 0.15) is 37.3 Å². The number of ether oxygens (including phenoxy) is 3. The first-order valence-corrected chi connectivity index (χ1v) is 10.5. The maximum Gasteiger partial charge on any atom is 0.238 e. The van der Waals surface area contributed by atoms with E-state index >= 15 is 0 Å². The van der Waals surface area contributed by atoms with Crippen LogP contribution in [0.2, 0.25) is 5.02 Å². The second kappa shape index (κ2) is 10.5. The van der Waals surface area contributed by atoms with E-state index in [1.165, 1.54) is 19.1 Å². The molecule has 1 aliphatic rings. The Hall–Kier alpha value is -2.44. The minimum atomic E-state index is -0.0990. The topological polar surface area (TPSA) is 60.0 Å². The Morgan fingerprint density at radius 3 is 2.43 bits per heavy atom. The molecule has 3 rings (SSSR count). The molecule has 0 aliphatic carbocycles. The fourth-order valence-corrected chi connectivity index (χ4v) is 4.12. The van der Waals surface area contributed by atoms with Crippen molar-refractivity contribution in [1.29, 1.82) is 0 Å². The van der Waals surface area contributed by atoms with Gasteiger partial charge in [-0.3, -0.25) is 9.69 Å². The van der Waals surface area contributed by atoms with Crippen molar-refractivity contribution >= 4 is 23.2 Å². The van der Waals surface area contributed by atoms with Crippen molar-refractivity contribution in [3.05, 3.63) is 47.0 Å². The molecule has 1 amide bonds. The summed E-state index contributed by atoms with van der Waals surface area (Å²) in [5.41, 5.74) is 1.75. The molecule has 0 bridgehead atoms. The van der Waals surface area contributed by atoms with Gasteiger partial charge in [-0.1, -0.05) is 36.6 Å². The molecule has 0 unspecified atom stereocenters. The molecule has 2 aromatic rings. The molecule has 2 aromatic carbocycles. The van der Waals surface area contributed by atoms with E-state index in [2.05, 4.69) is 22.3 Å². The van der Waals surface area contributed by atoms with Gasteiger partial charge in [0.05, 0.1) is 38.6 Å². The van der Waals surface area contributed by atoms with Gasteiger partial charge in [-0.2, -0.15) is 0 Å². The van der Waals surface area contributed by atoms with Gasteiger partial charge in [-0.25, -0.2) is 0 Å². The molecule has 0 aromatic heterocycles. The van der Waals surface area contributed by atoms with Gasteiger partial charge in [-0.05, 0) is 37.1 Å². The third-order valence-corrected chi connectivity index (χ3v) is 5.75. The minimum Gasteiger partial charge on any atom is -0.497 e. The number of methoxy groups -OCH3 is 3. The zero-order chi connectivity index (χ0) is 21.5. The summed E-state index contributed by atoms with van der Waals surface area (Å²) in [4.78, 5) is 15.2. The zero-order valence-electron chi connectivity index (χ0n) is 17.7. The van der Waals surface area contributed by atoms with Crippen molar-refractivity contribution in [3.63, 3.8) is 0 Å². The van der Waals surface area contributed by atoms with E-state index in [0.29, 0.717) is 28.8 Å². The predicted octanol–water partition coefficient (Wildman–Crippen LogP) is 4.92. The summed E-state index contributed by atoms with van der Waals surface area (Å²) in [6.45, 7) is 1.18. The number of likely N-dealkylation sites (tertiary alicyclic amines) is 1. The lowest BCUT2D eigenvalue weighted by Gasteiger charge is -2.30. The van der Waals surface area contributed by atoms with Crippen molar-refractivity contribution in [2.24, 2.45) is 0 Å². The Morgan fingerprint density at radius 1 is 1.03 bits per heavy atom. The molecule has 6 nitrogen and oxygen atoms in total. The summed E-state index contributed by atoms with van der Waals surface area (Å²) >= 11 is 6.16. The van der Waals surface area contributed by atoms with Crippen LogP contribution >= 0.6 is 11.6 Å². The molecule has 162 valence electrons. The van der Waals surface area contributed by atoms with E-state index in [0.717, 1.165) is 31.6 Å². The zero-order valence-corrected chi connectivity index (χ0v) is 18.5. The van der Waals surface area contributed by atoms with E-state index in [1.807, 2.05) is 12.1 Å². The van der Waals surface area contributed by atoms with Crippen LogP contribution in [0.15, 0.2) is 36.4 Å². The number of anilines is 1. The van der Waals surface area contributed by atoms with Gasteiger partial charge < -0.3 is 19.5 Å². The maximum atomic E-state index is 12.9. The van der Waals surface area contributed by atoms with Crippen LogP contribution in [0.25, 0.3) is 0 Å². The summed E-state index contributed by atoms with van der Waals surface area (Å²) in [5.74, 6) is 1.72. The van der Waals surface area contributed by atoms with Crippen LogP contribution in [0.4, 0.5) is 5.69 Å². The second-order valence-electron chi connectivity index (χ2n) is 7.34. The normalized spacial score (nSPS) is 17.1. The molecule has 7 heteroatoms. The third kappa shape index (κ3) is 5.37. The Morgan fingerprint density at radius 2 is 1.77 bits per heavy atom. The van der Waals surface area contributed by atoms with Crippen molar-refractivity contribution in [2.75, 3.05) is 39.7 Å². The van der Waals surface area contributed by atoms with Crippen LogP contribution in [0.5, 0.6) is 17.2 Å². The highest BCUT2D eigenvalue weighted by Gasteiger charge is 2.25. The fraction of sp³-hybridized carbons (Fsp3) is 0.435. The number of nitrogens with one attached hydrogen (secondary N) is 1. The fourth-order valence-electron chi connectivity index (χ4n) is 3.89. The number of carbonyl (C=O) groups excluding carboxylic acids is 1. The smallest absolute Gasteiger partial charge is 0.238 e. The Kier molecular flexibility index (Phi) is 7.82. The molecule has 0 saturated carbocycles. The number of hydrogen-bond donors (Lipinski definition) is 1. The number of benzene rings is 2. The van der Waals surface area contributed by atoms with Gasteiger partial charge in [0.1, 0.15) is 17.2 Å². The van der Waals surface area contributed by atoms with Crippen LogP contribution in [-0.2, 0) is 4.79 Å². The molecule has 30 heavy (non-hydrogen) atoms. The van der Waals surface area contributed by atoms with E-state index in [9.17, 15) is 4.79 Å². The van der Waals surface area contributed by atoms with Crippen molar-refractivity contribution in [2.45, 2.75) is 31.7 Å². The molecule has 1 saturated heterocycles. The van der Waals surface area contributed by atoms with E-state index < -0.39 is 0 Å². The SMILES string of the molecule is COc1ccc([C@@H]2CCCCCN2CC(=O)Nc2cc(OC)c(Cl)cc2OC)cc1. The van der Waals surface area contributed by atoms with Crippen LogP contribution < -0.4 is 19.5 Å². The standard InChI is InChI=1S/C23H29ClN2O4/c1-28-17-10-8-16(9-11-17)20-7-5-4-6-12-26(20)15-23(27)25-19-14-21(29-2)18(24)13-22(19)30-3/h8-11,13-14,20H,4-7,12,15H2,1-3H3,(H,25,27)/t20-/m0/s1. The van der Waals surface area contributed by atoms with E-state index in [4.69, 9.17) is 25.8 Å². The van der Waals surface area contributed by atoms with Gasteiger partial charge in [-0.15, -0.1) is 0 Å². The highest BCUT2D eigenvalue weighted by Crippen LogP contribution is 2.36. The Balaban J connectivity index is 1.76. The van der Waals surface area contributed by atoms with Gasteiger partial charge in [0.25, 0.3) is 0 Å². The summed E-state index contributed by atoms with van der Waals surface area (Å²) in [6, 6.07) is 11.7. The lowest BCUT2D eigenvalue weighted by molar-refractivity contribution is -0.117. The van der Waals surface area contributed by atoms with Gasteiger partial charge >= 0.3 is 0 Å². The number of rotatable bonds is 7. The molecule has 1 aliphatic heterocycles. The maximum absolute atomic E-state index is 12.9. The monoisotopic (exact) mass is 432 g/mol. The van der Waals surface area contributed by atoms with Crippen molar-refractivity contribution in [3.8, 4) is 17.2 Å². The number of nitrogens with zero attached hydrogens (tertiary/aromatic N) is 1. The van der Waals surface area contributed by atoms with Gasteiger partial charge in [0.15, 0.2) is 0 Å². The molecular formula is C23H29ClN2O4. The lowest BCUT2D eigenvalue weighted by atomic mass is 10.0. The van der Waals surface area contributed by atoms with E-state index in [1.54, 1.807) is 26.4 Å². The van der Waals surface area contributed by atoms with Crippen molar-refractivity contribution in [1.82, 2.24) is 4.90 Å². The molecule has 0 spiro atoms. The number of hydrogen-bond acceptors (Lipinski definition) is 5. The van der Waals surface area contributed by atoms with Crippen LogP contribution in [0, 0.1) is 0 Å². The molecular weight excluding hydrogens is 404 g/mol. The molecule has 1 fully saturated rings. The summed E-state index contributed by atoms with van der Waals surface area (Å²) in [6.07, 6.45) is 4.43. The first-order valence-electron chi connectivity index (χ1n) is 10.1. The number of carbonyl (C=O) groups is 1. The first kappa shape index (κ1) is 22.2. The van der Waals surface area contributed by atoms with Crippen LogP contribution in [0.3, 0.4) is 0 Å². The highest BCUT2D eigenvalue weighted by atomic mass is 35.5. The minimum absolute atomic E-state index is 0.0990. The quantitative estimate of drug-likeness (QED) is 0.672. The molecule has 1 heterocycles. The first-order chi connectivity index (χ1) is 14.5. The summed E-state index contributed by atoms with van der Waals surface area (Å²) < 4.78 is 15.9. The number of amides is 1. The molecule has 0 radical (unpaired) electrons. The average molecular weight is 433 g/mol. The average Bonchev–Trinajstić information content (AvgIpc) is 3.00. The Bertz CT molecular complexity index is 857. The lowest BCUT2D eigenvalue weighted by Crippen LogP contribution is -2.36. The van der Waals surface area contributed by atoms with Gasteiger partial charge in [0.2, 0.25) is 5.91 Å². The van der Waals surface area contributed by atoms with Gasteiger partial charge in [0, 0.05) is 18.2 Å². The molecule has 1 atom stereocenters. The Labute approximate surface area is 183 Å².